The number of H-pyrrole nitrogens is 1. The van der Waals surface area contributed by atoms with Gasteiger partial charge in [0.05, 0.1) is 5.56 Å². The molecule has 0 radical (unpaired) electrons. The van der Waals surface area contributed by atoms with E-state index in [-0.39, 0.29) is 12.2 Å². The third kappa shape index (κ3) is 4.28. The zero-order chi connectivity index (χ0) is 21.1. The molecule has 2 heterocycles. The Bertz CT molecular complexity index is 1180. The summed E-state index contributed by atoms with van der Waals surface area (Å²) in [5.74, 6) is 1.01. The summed E-state index contributed by atoms with van der Waals surface area (Å²) in [4.78, 5) is 20.8. The standard InChI is InChI=1S/C26H26N2O2/c1-17(2)22-14-23(24(29)13-20-12-21-9-10-27-26(21)28-15-20)25(11-18(22)3)30-16-19-7-5-4-6-8-19/h4-12,14-15,17H,13,16H2,1-3H3,(H,27,28). The van der Waals surface area contributed by atoms with Crippen LogP contribution in [0.3, 0.4) is 0 Å². The number of ketones is 1. The van der Waals surface area contributed by atoms with Crippen molar-refractivity contribution < 1.29 is 9.53 Å². The number of benzene rings is 2. The number of nitrogens with one attached hydrogen (secondary N) is 1. The lowest BCUT2D eigenvalue weighted by Gasteiger charge is -2.17. The average molecular weight is 399 g/mol. The van der Waals surface area contributed by atoms with Crippen molar-refractivity contribution in [1.29, 1.82) is 0 Å². The number of aryl methyl sites for hydroxylation is 1. The minimum Gasteiger partial charge on any atom is -0.488 e. The van der Waals surface area contributed by atoms with Crippen LogP contribution in [0.2, 0.25) is 0 Å². The number of aromatic nitrogens is 2. The smallest absolute Gasteiger partial charge is 0.171 e. The van der Waals surface area contributed by atoms with Gasteiger partial charge in [-0.15, -0.1) is 0 Å². The highest BCUT2D eigenvalue weighted by molar-refractivity contribution is 6.00. The summed E-state index contributed by atoms with van der Waals surface area (Å²) in [6.45, 7) is 6.79. The molecule has 30 heavy (non-hydrogen) atoms. The Labute approximate surface area is 176 Å². The highest BCUT2D eigenvalue weighted by Gasteiger charge is 2.18. The SMILES string of the molecule is Cc1cc(OCc2ccccc2)c(C(=O)Cc2cnc3[nH]ccc3c2)cc1C(C)C. The van der Waals surface area contributed by atoms with Crippen LogP contribution < -0.4 is 4.74 Å². The molecule has 0 bridgehead atoms. The van der Waals surface area contributed by atoms with Crippen LogP contribution in [0, 0.1) is 6.92 Å². The molecule has 0 fully saturated rings. The van der Waals surface area contributed by atoms with Gasteiger partial charge in [0.2, 0.25) is 0 Å². The van der Waals surface area contributed by atoms with E-state index in [9.17, 15) is 4.79 Å². The van der Waals surface area contributed by atoms with Crippen LogP contribution in [-0.4, -0.2) is 15.8 Å². The number of carbonyl (C=O) groups excluding carboxylic acids is 1. The minimum atomic E-state index is 0.0386. The summed E-state index contributed by atoms with van der Waals surface area (Å²) in [6.07, 6.45) is 3.91. The molecule has 0 saturated heterocycles. The van der Waals surface area contributed by atoms with Crippen LogP contribution >= 0.6 is 0 Å². The van der Waals surface area contributed by atoms with Gasteiger partial charge in [0.1, 0.15) is 18.0 Å². The maximum Gasteiger partial charge on any atom is 0.171 e. The molecule has 4 rings (SSSR count). The van der Waals surface area contributed by atoms with E-state index in [0.717, 1.165) is 27.7 Å². The van der Waals surface area contributed by atoms with Crippen molar-refractivity contribution in [3.63, 3.8) is 0 Å². The molecule has 0 atom stereocenters. The van der Waals surface area contributed by atoms with E-state index in [1.165, 1.54) is 5.56 Å². The van der Waals surface area contributed by atoms with Gasteiger partial charge < -0.3 is 9.72 Å². The van der Waals surface area contributed by atoms with Gasteiger partial charge >= 0.3 is 0 Å². The van der Waals surface area contributed by atoms with E-state index in [4.69, 9.17) is 4.74 Å². The van der Waals surface area contributed by atoms with Crippen molar-refractivity contribution >= 4 is 16.8 Å². The number of pyridine rings is 1. The Hall–Kier alpha value is -3.40. The number of nitrogens with zero attached hydrogens (tertiary/aromatic N) is 1. The monoisotopic (exact) mass is 398 g/mol. The molecule has 0 unspecified atom stereocenters. The fourth-order valence-electron chi connectivity index (χ4n) is 3.76. The Balaban J connectivity index is 1.64. The van der Waals surface area contributed by atoms with E-state index in [1.54, 1.807) is 6.20 Å². The van der Waals surface area contributed by atoms with Gasteiger partial charge in [0.25, 0.3) is 0 Å². The molecule has 4 heteroatoms. The van der Waals surface area contributed by atoms with E-state index in [1.807, 2.05) is 60.8 Å². The van der Waals surface area contributed by atoms with Crippen molar-refractivity contribution in [3.8, 4) is 5.75 Å². The molecule has 2 aromatic carbocycles. The number of Topliss-reactive ketones (excluding diaryl/α,β-unsaturated/α-hetero) is 1. The van der Waals surface area contributed by atoms with Gasteiger partial charge in [-0.2, -0.15) is 0 Å². The quantitative estimate of drug-likeness (QED) is 0.389. The lowest BCUT2D eigenvalue weighted by atomic mass is 9.92. The highest BCUT2D eigenvalue weighted by Crippen LogP contribution is 2.30. The Morgan fingerprint density at radius 3 is 2.63 bits per heavy atom. The van der Waals surface area contributed by atoms with E-state index in [0.29, 0.717) is 23.8 Å². The van der Waals surface area contributed by atoms with Crippen LogP contribution in [0.1, 0.15) is 52.4 Å². The first-order valence-corrected chi connectivity index (χ1v) is 10.3. The summed E-state index contributed by atoms with van der Waals surface area (Å²) < 4.78 is 6.11. The normalized spacial score (nSPS) is 11.2. The molecular weight excluding hydrogens is 372 g/mol. The molecule has 4 aromatic rings. The maximum atomic E-state index is 13.3. The number of hydrogen-bond acceptors (Lipinski definition) is 3. The van der Waals surface area contributed by atoms with E-state index >= 15 is 0 Å². The first-order valence-electron chi connectivity index (χ1n) is 10.3. The molecule has 0 aliphatic rings. The molecule has 4 nitrogen and oxygen atoms in total. The maximum absolute atomic E-state index is 13.3. The molecule has 0 amide bonds. The number of ether oxygens (including phenoxy) is 1. The predicted molar refractivity (Wildman–Crippen MR) is 120 cm³/mol. The lowest BCUT2D eigenvalue weighted by Crippen LogP contribution is -2.10. The van der Waals surface area contributed by atoms with Crippen LogP contribution in [0.4, 0.5) is 0 Å². The van der Waals surface area contributed by atoms with Crippen LogP contribution in [0.5, 0.6) is 5.75 Å². The van der Waals surface area contributed by atoms with Crippen molar-refractivity contribution in [2.24, 2.45) is 0 Å². The minimum absolute atomic E-state index is 0.0386. The van der Waals surface area contributed by atoms with Gasteiger partial charge in [-0.25, -0.2) is 4.98 Å². The third-order valence-corrected chi connectivity index (χ3v) is 5.35. The van der Waals surface area contributed by atoms with Gasteiger partial charge in [0.15, 0.2) is 5.78 Å². The summed E-state index contributed by atoms with van der Waals surface area (Å²) in [5.41, 5.74) is 5.74. The van der Waals surface area contributed by atoms with Gasteiger partial charge in [0, 0.05) is 24.2 Å². The molecule has 0 aliphatic heterocycles. The largest absolute Gasteiger partial charge is 0.488 e. The molecule has 2 aromatic heterocycles. The topological polar surface area (TPSA) is 55.0 Å². The van der Waals surface area contributed by atoms with Crippen LogP contribution in [-0.2, 0) is 13.0 Å². The number of fused-ring (bicyclic) bond motifs is 1. The van der Waals surface area contributed by atoms with Gasteiger partial charge in [-0.3, -0.25) is 4.79 Å². The van der Waals surface area contributed by atoms with Gasteiger partial charge in [-0.1, -0.05) is 44.2 Å². The lowest BCUT2D eigenvalue weighted by molar-refractivity contribution is 0.0988. The third-order valence-electron chi connectivity index (χ3n) is 5.35. The molecule has 0 aliphatic carbocycles. The second-order valence-electron chi connectivity index (χ2n) is 7.99. The molecule has 0 spiro atoms. The summed E-state index contributed by atoms with van der Waals surface area (Å²) in [5, 5.41) is 1.01. The number of aromatic amines is 1. The zero-order valence-corrected chi connectivity index (χ0v) is 17.6. The molecular formula is C26H26N2O2. The molecule has 1 N–H and O–H groups in total. The average Bonchev–Trinajstić information content (AvgIpc) is 3.20. The Morgan fingerprint density at radius 1 is 1.07 bits per heavy atom. The Kier molecular flexibility index (Phi) is 5.66. The molecule has 152 valence electrons. The number of rotatable bonds is 7. The second-order valence-corrected chi connectivity index (χ2v) is 7.99. The van der Waals surface area contributed by atoms with Crippen molar-refractivity contribution in [1.82, 2.24) is 9.97 Å². The first kappa shape index (κ1) is 19.9. The number of carbonyl (C=O) groups is 1. The Morgan fingerprint density at radius 2 is 1.87 bits per heavy atom. The van der Waals surface area contributed by atoms with Gasteiger partial charge in [-0.05, 0) is 59.4 Å². The fourth-order valence-corrected chi connectivity index (χ4v) is 3.76. The summed E-state index contributed by atoms with van der Waals surface area (Å²) in [6, 6.07) is 18.0. The summed E-state index contributed by atoms with van der Waals surface area (Å²) >= 11 is 0. The second kappa shape index (κ2) is 8.54. The highest BCUT2D eigenvalue weighted by atomic mass is 16.5. The first-order chi connectivity index (χ1) is 14.5. The summed E-state index contributed by atoms with van der Waals surface area (Å²) in [7, 11) is 0. The van der Waals surface area contributed by atoms with Crippen LogP contribution in [0.25, 0.3) is 11.0 Å². The zero-order valence-electron chi connectivity index (χ0n) is 17.6. The fraction of sp³-hybridized carbons (Fsp3) is 0.231. The van der Waals surface area contributed by atoms with E-state index in [2.05, 4.69) is 30.7 Å². The van der Waals surface area contributed by atoms with Crippen LogP contribution in [0.15, 0.2) is 67.0 Å². The van der Waals surface area contributed by atoms with Crippen molar-refractivity contribution in [2.75, 3.05) is 0 Å². The van der Waals surface area contributed by atoms with Crippen molar-refractivity contribution in [3.05, 3.63) is 94.8 Å². The van der Waals surface area contributed by atoms with E-state index < -0.39 is 0 Å². The number of hydrogen-bond donors (Lipinski definition) is 1. The molecule has 0 saturated carbocycles. The predicted octanol–water partition coefficient (Wildman–Crippen LogP) is 6.00. The van der Waals surface area contributed by atoms with Crippen molar-refractivity contribution in [2.45, 2.75) is 39.7 Å².